The fraction of sp³-hybridized carbons (Fsp3) is 0.882. The number of alkyl carbamates (subject to hydrolysis) is 1. The Morgan fingerprint density at radius 1 is 0.839 bits per heavy atom. The van der Waals surface area contributed by atoms with E-state index in [4.69, 9.17) is 19.3 Å². The molecule has 2 unspecified atom stereocenters. The Kier molecular flexibility index (Phi) is 9.35. The molecule has 2 aliphatic rings. The van der Waals surface area contributed by atoms with Crippen LogP contribution in [0.1, 0.15) is 19.8 Å². The zero-order chi connectivity index (χ0) is 23.3. The Morgan fingerprint density at radius 3 is 1.90 bits per heavy atom. The summed E-state index contributed by atoms with van der Waals surface area (Å²) in [4.78, 5) is 23.7. The molecule has 0 bridgehead atoms. The van der Waals surface area contributed by atoms with Crippen LogP contribution in [0.2, 0.25) is 0 Å². The predicted molar refractivity (Wildman–Crippen MR) is 98.0 cm³/mol. The molecule has 2 saturated heterocycles. The average Bonchev–Trinajstić information content (AvgIpc) is 2.73. The molecule has 2 amide bonds. The van der Waals surface area contributed by atoms with Gasteiger partial charge in [-0.25, -0.2) is 4.79 Å². The lowest BCUT2D eigenvalue weighted by molar-refractivity contribution is -0.256. The number of carbonyl (C=O) groups is 2. The summed E-state index contributed by atoms with van der Waals surface area (Å²) in [5, 5.41) is 73.5. The van der Waals surface area contributed by atoms with E-state index in [9.17, 15) is 40.2 Å². The highest BCUT2D eigenvalue weighted by Crippen LogP contribution is 2.22. The van der Waals surface area contributed by atoms with Crippen LogP contribution in [0.15, 0.2) is 0 Å². The SMILES string of the molecule is CCCC(=O)N[C@H]1C(O)O[C@H](COC(=O)N[C@H]2C(O)O[C@H](CO)[C@@H](O)[C@@H]2O)[C@@H](O)[C@@H]1O. The molecule has 0 spiro atoms. The first kappa shape index (κ1) is 25.6. The summed E-state index contributed by atoms with van der Waals surface area (Å²) in [5.41, 5.74) is 0. The topological polar surface area (TPSA) is 227 Å². The van der Waals surface area contributed by atoms with E-state index in [1.807, 2.05) is 0 Å². The van der Waals surface area contributed by atoms with E-state index in [2.05, 4.69) is 10.6 Å². The molecule has 0 aromatic heterocycles. The van der Waals surface area contributed by atoms with Gasteiger partial charge in [0.1, 0.15) is 55.3 Å². The maximum atomic E-state index is 12.0. The van der Waals surface area contributed by atoms with Crippen molar-refractivity contribution >= 4 is 12.0 Å². The molecule has 0 radical (unpaired) electrons. The van der Waals surface area contributed by atoms with E-state index in [0.717, 1.165) is 0 Å². The van der Waals surface area contributed by atoms with Crippen LogP contribution >= 0.6 is 0 Å². The van der Waals surface area contributed by atoms with Crippen LogP contribution in [0, 0.1) is 0 Å². The van der Waals surface area contributed by atoms with Crippen LogP contribution < -0.4 is 10.6 Å². The Morgan fingerprint density at radius 2 is 1.35 bits per heavy atom. The van der Waals surface area contributed by atoms with Crippen LogP contribution in [0.3, 0.4) is 0 Å². The number of aliphatic hydroxyl groups is 7. The minimum absolute atomic E-state index is 0.148. The number of rotatable bonds is 7. The number of hydrogen-bond acceptors (Lipinski definition) is 12. The van der Waals surface area contributed by atoms with Crippen LogP contribution in [0.25, 0.3) is 0 Å². The van der Waals surface area contributed by atoms with Gasteiger partial charge in [0.2, 0.25) is 5.91 Å². The number of ether oxygens (including phenoxy) is 3. The molecule has 2 rings (SSSR count). The smallest absolute Gasteiger partial charge is 0.407 e. The summed E-state index contributed by atoms with van der Waals surface area (Å²) in [6.45, 7) is 0.451. The van der Waals surface area contributed by atoms with Crippen LogP contribution in [-0.4, -0.2) is 122 Å². The van der Waals surface area contributed by atoms with Crippen LogP contribution in [-0.2, 0) is 19.0 Å². The molecule has 0 aromatic carbocycles. The Labute approximate surface area is 177 Å². The molecule has 14 heteroatoms. The zero-order valence-electron chi connectivity index (χ0n) is 16.8. The summed E-state index contributed by atoms with van der Waals surface area (Å²) in [7, 11) is 0. The monoisotopic (exact) mass is 454 g/mol. The van der Waals surface area contributed by atoms with Crippen LogP contribution in [0.4, 0.5) is 4.79 Å². The molecule has 180 valence electrons. The zero-order valence-corrected chi connectivity index (χ0v) is 16.8. The number of amides is 2. The highest BCUT2D eigenvalue weighted by atomic mass is 16.6. The lowest BCUT2D eigenvalue weighted by Gasteiger charge is -2.41. The number of carbonyl (C=O) groups excluding carboxylic acids is 2. The molecule has 9 N–H and O–H groups in total. The van der Waals surface area contributed by atoms with Gasteiger partial charge in [0.15, 0.2) is 12.6 Å². The maximum Gasteiger partial charge on any atom is 0.407 e. The van der Waals surface area contributed by atoms with Crippen molar-refractivity contribution < 1.29 is 59.5 Å². The second-order valence-electron chi connectivity index (χ2n) is 7.39. The van der Waals surface area contributed by atoms with Crippen molar-refractivity contribution in [3.05, 3.63) is 0 Å². The van der Waals surface area contributed by atoms with Gasteiger partial charge in [-0.1, -0.05) is 6.92 Å². The molecule has 14 nitrogen and oxygen atoms in total. The number of hydrogen-bond donors (Lipinski definition) is 9. The Hall–Kier alpha value is -1.62. The second kappa shape index (κ2) is 11.3. The van der Waals surface area contributed by atoms with Gasteiger partial charge in [-0.3, -0.25) is 4.79 Å². The second-order valence-corrected chi connectivity index (χ2v) is 7.39. The van der Waals surface area contributed by atoms with Crippen molar-refractivity contribution in [1.29, 1.82) is 0 Å². The molecule has 2 aliphatic heterocycles. The maximum absolute atomic E-state index is 12.0. The number of nitrogens with one attached hydrogen (secondary N) is 2. The molecular formula is C17H30N2O12. The first-order chi connectivity index (χ1) is 14.6. The Balaban J connectivity index is 1.87. The van der Waals surface area contributed by atoms with Gasteiger partial charge < -0.3 is 60.6 Å². The van der Waals surface area contributed by atoms with Gasteiger partial charge in [0.25, 0.3) is 0 Å². The highest BCUT2D eigenvalue weighted by molar-refractivity contribution is 5.76. The standard InChI is InChI=1S/C17H30N2O12/c1-2-3-8(21)18-9-13(24)12(23)7(31-15(9)26)5-29-17(28)19-10-14(25)11(22)6(4-20)30-16(10)27/h6-7,9-16,20,22-27H,2-5H2,1H3,(H,18,21)(H,19,28)/t6-,7-,9-,10-,11-,12-,13-,14-,15?,16?/m1/s1. The van der Waals surface area contributed by atoms with E-state index in [1.165, 1.54) is 0 Å². The van der Waals surface area contributed by atoms with Crippen molar-refractivity contribution in [2.75, 3.05) is 13.2 Å². The van der Waals surface area contributed by atoms with E-state index in [-0.39, 0.29) is 6.42 Å². The summed E-state index contributed by atoms with van der Waals surface area (Å²) in [5.74, 6) is -0.451. The van der Waals surface area contributed by atoms with Crippen molar-refractivity contribution in [3.8, 4) is 0 Å². The normalized spacial score (nSPS) is 40.8. The van der Waals surface area contributed by atoms with E-state index >= 15 is 0 Å². The average molecular weight is 454 g/mol. The fourth-order valence-electron chi connectivity index (χ4n) is 3.31. The van der Waals surface area contributed by atoms with Gasteiger partial charge >= 0.3 is 6.09 Å². The fourth-order valence-corrected chi connectivity index (χ4v) is 3.31. The van der Waals surface area contributed by atoms with E-state index in [0.29, 0.717) is 6.42 Å². The number of aliphatic hydroxyl groups excluding tert-OH is 7. The molecular weight excluding hydrogens is 424 g/mol. The highest BCUT2D eigenvalue weighted by Gasteiger charge is 2.46. The minimum atomic E-state index is -1.75. The molecule has 0 aliphatic carbocycles. The quantitative estimate of drug-likeness (QED) is 0.177. The third-order valence-electron chi connectivity index (χ3n) is 5.09. The molecule has 31 heavy (non-hydrogen) atoms. The third-order valence-corrected chi connectivity index (χ3v) is 5.09. The van der Waals surface area contributed by atoms with Crippen molar-refractivity contribution in [2.45, 2.75) is 81.1 Å². The molecule has 0 saturated carbocycles. The lowest BCUT2D eigenvalue weighted by atomic mass is 9.97. The first-order valence-corrected chi connectivity index (χ1v) is 9.83. The van der Waals surface area contributed by atoms with Crippen molar-refractivity contribution in [3.63, 3.8) is 0 Å². The van der Waals surface area contributed by atoms with E-state index in [1.54, 1.807) is 6.92 Å². The van der Waals surface area contributed by atoms with Crippen LogP contribution in [0.5, 0.6) is 0 Å². The molecule has 2 fully saturated rings. The summed E-state index contributed by atoms with van der Waals surface area (Å²) < 4.78 is 14.9. The first-order valence-electron chi connectivity index (χ1n) is 9.83. The summed E-state index contributed by atoms with van der Waals surface area (Å²) in [6, 6.07) is -2.78. The molecule has 10 atom stereocenters. The minimum Gasteiger partial charge on any atom is -0.447 e. The lowest BCUT2D eigenvalue weighted by Crippen LogP contribution is -2.65. The van der Waals surface area contributed by atoms with Gasteiger partial charge in [-0.2, -0.15) is 0 Å². The van der Waals surface area contributed by atoms with Gasteiger partial charge in [0, 0.05) is 6.42 Å². The molecule has 0 aromatic rings. The van der Waals surface area contributed by atoms with Crippen molar-refractivity contribution in [2.24, 2.45) is 0 Å². The summed E-state index contributed by atoms with van der Waals surface area (Å²) in [6.07, 6.45) is -13.1. The van der Waals surface area contributed by atoms with Gasteiger partial charge in [-0.15, -0.1) is 0 Å². The van der Waals surface area contributed by atoms with Gasteiger partial charge in [-0.05, 0) is 6.42 Å². The summed E-state index contributed by atoms with van der Waals surface area (Å²) >= 11 is 0. The largest absolute Gasteiger partial charge is 0.447 e. The molecule has 2 heterocycles. The van der Waals surface area contributed by atoms with Crippen molar-refractivity contribution in [1.82, 2.24) is 10.6 Å². The predicted octanol–water partition coefficient (Wildman–Crippen LogP) is -4.76. The Bertz CT molecular complexity index is 610. The van der Waals surface area contributed by atoms with E-state index < -0.39 is 86.5 Å². The van der Waals surface area contributed by atoms with Gasteiger partial charge in [0.05, 0.1) is 6.61 Å². The third kappa shape index (κ3) is 6.21.